The van der Waals surface area contributed by atoms with Crippen LogP contribution in [0, 0.1) is 0 Å². The predicted molar refractivity (Wildman–Crippen MR) is 115 cm³/mol. The molecule has 5 heteroatoms. The van der Waals surface area contributed by atoms with Crippen LogP contribution in [0.3, 0.4) is 0 Å². The molecule has 1 atom stereocenters. The quantitative estimate of drug-likeness (QED) is 0.382. The van der Waals surface area contributed by atoms with E-state index in [2.05, 4.69) is 30.2 Å². The van der Waals surface area contributed by atoms with Crippen LogP contribution in [-0.4, -0.2) is 11.7 Å². The number of aromatic nitrogens is 1. The fourth-order valence-electron chi connectivity index (χ4n) is 3.86. The van der Waals surface area contributed by atoms with Crippen LogP contribution in [0.25, 0.3) is 22.0 Å². The smallest absolute Gasteiger partial charge is 0.0712 e. The summed E-state index contributed by atoms with van der Waals surface area (Å²) in [5.74, 6) is 0.479. The molecule has 1 aromatic heterocycles. The SMILES string of the molecule is C=NNC(C)c1c(C2CCC2)nc2ccc(Cl)cc2c1-c1cccc(Cl)c1. The molecule has 3 nitrogen and oxygen atoms in total. The molecule has 0 saturated heterocycles. The fourth-order valence-corrected chi connectivity index (χ4v) is 4.22. The van der Waals surface area contributed by atoms with Gasteiger partial charge in [-0.25, -0.2) is 0 Å². The van der Waals surface area contributed by atoms with Crippen LogP contribution in [0.2, 0.25) is 10.0 Å². The van der Waals surface area contributed by atoms with E-state index in [0.717, 1.165) is 33.3 Å². The summed E-state index contributed by atoms with van der Waals surface area (Å²) in [6.07, 6.45) is 3.59. The number of hydrogen-bond acceptors (Lipinski definition) is 3. The van der Waals surface area contributed by atoms with Gasteiger partial charge in [-0.3, -0.25) is 4.98 Å². The Morgan fingerprint density at radius 3 is 2.59 bits per heavy atom. The zero-order chi connectivity index (χ0) is 19.0. The first-order chi connectivity index (χ1) is 13.1. The first-order valence-corrected chi connectivity index (χ1v) is 9.94. The number of fused-ring (bicyclic) bond motifs is 1. The van der Waals surface area contributed by atoms with Crippen LogP contribution in [0.15, 0.2) is 47.6 Å². The van der Waals surface area contributed by atoms with E-state index in [-0.39, 0.29) is 6.04 Å². The molecular weight excluding hydrogens is 377 g/mol. The molecule has 4 rings (SSSR count). The number of pyridine rings is 1. The van der Waals surface area contributed by atoms with Gasteiger partial charge in [0.25, 0.3) is 0 Å². The van der Waals surface area contributed by atoms with Crippen LogP contribution in [-0.2, 0) is 0 Å². The Morgan fingerprint density at radius 2 is 1.93 bits per heavy atom. The van der Waals surface area contributed by atoms with Gasteiger partial charge < -0.3 is 5.43 Å². The second-order valence-electron chi connectivity index (χ2n) is 7.09. The minimum absolute atomic E-state index is 0.0250. The molecular formula is C22H21Cl2N3. The van der Waals surface area contributed by atoms with Gasteiger partial charge in [0, 0.05) is 33.6 Å². The number of nitrogens with zero attached hydrogens (tertiary/aromatic N) is 2. The molecule has 27 heavy (non-hydrogen) atoms. The third kappa shape index (κ3) is 3.42. The number of hydrazone groups is 1. The minimum Gasteiger partial charge on any atom is -0.303 e. The van der Waals surface area contributed by atoms with Crippen LogP contribution in [0.1, 0.15) is 49.4 Å². The highest BCUT2D eigenvalue weighted by Crippen LogP contribution is 2.45. The Bertz CT molecular complexity index is 1010. The number of hydrogen-bond donors (Lipinski definition) is 1. The van der Waals surface area contributed by atoms with E-state index in [1.54, 1.807) is 0 Å². The molecule has 1 unspecified atom stereocenters. The van der Waals surface area contributed by atoms with Crippen molar-refractivity contribution in [3.8, 4) is 11.1 Å². The van der Waals surface area contributed by atoms with Gasteiger partial charge in [0.2, 0.25) is 0 Å². The van der Waals surface area contributed by atoms with Crippen LogP contribution in [0.5, 0.6) is 0 Å². The van der Waals surface area contributed by atoms with E-state index >= 15 is 0 Å². The second kappa shape index (κ2) is 7.49. The molecule has 0 spiro atoms. The van der Waals surface area contributed by atoms with Crippen molar-refractivity contribution in [1.82, 2.24) is 10.4 Å². The lowest BCUT2D eigenvalue weighted by molar-refractivity contribution is 0.405. The first kappa shape index (κ1) is 18.3. The van der Waals surface area contributed by atoms with Crippen molar-refractivity contribution < 1.29 is 0 Å². The maximum Gasteiger partial charge on any atom is 0.0712 e. The molecule has 1 aliphatic rings. The summed E-state index contributed by atoms with van der Waals surface area (Å²) >= 11 is 12.7. The van der Waals surface area contributed by atoms with Gasteiger partial charge in [-0.2, -0.15) is 5.10 Å². The van der Waals surface area contributed by atoms with Gasteiger partial charge in [0.05, 0.1) is 17.3 Å². The van der Waals surface area contributed by atoms with Gasteiger partial charge in [0.1, 0.15) is 0 Å². The Balaban J connectivity index is 2.09. The number of nitrogens with one attached hydrogen (secondary N) is 1. The van der Waals surface area contributed by atoms with Gasteiger partial charge in [0.15, 0.2) is 0 Å². The molecule has 1 aliphatic carbocycles. The second-order valence-corrected chi connectivity index (χ2v) is 7.97. The largest absolute Gasteiger partial charge is 0.303 e. The lowest BCUT2D eigenvalue weighted by Gasteiger charge is -2.31. The first-order valence-electron chi connectivity index (χ1n) is 9.18. The third-order valence-corrected chi connectivity index (χ3v) is 5.81. The molecule has 3 aromatic rings. The molecule has 1 N–H and O–H groups in total. The summed E-state index contributed by atoms with van der Waals surface area (Å²) in [6, 6.07) is 13.8. The lowest BCUT2D eigenvalue weighted by atomic mass is 9.78. The molecule has 138 valence electrons. The summed E-state index contributed by atoms with van der Waals surface area (Å²) in [4.78, 5) is 5.06. The van der Waals surface area contributed by atoms with Gasteiger partial charge in [-0.1, -0.05) is 41.8 Å². The molecule has 0 amide bonds. The molecule has 0 radical (unpaired) electrons. The zero-order valence-corrected chi connectivity index (χ0v) is 16.7. The fraction of sp³-hybridized carbons (Fsp3) is 0.273. The van der Waals surface area contributed by atoms with Crippen molar-refractivity contribution in [2.75, 3.05) is 0 Å². The molecule has 0 aliphatic heterocycles. The highest BCUT2D eigenvalue weighted by Gasteiger charge is 2.29. The van der Waals surface area contributed by atoms with Crippen molar-refractivity contribution in [1.29, 1.82) is 0 Å². The van der Waals surface area contributed by atoms with E-state index in [1.165, 1.54) is 19.3 Å². The number of benzene rings is 2. The van der Waals surface area contributed by atoms with Gasteiger partial charge in [-0.15, -0.1) is 0 Å². The van der Waals surface area contributed by atoms with Crippen LogP contribution >= 0.6 is 23.2 Å². The summed E-state index contributed by atoms with van der Waals surface area (Å²) in [6.45, 7) is 5.70. The van der Waals surface area contributed by atoms with Crippen molar-refractivity contribution in [2.24, 2.45) is 5.10 Å². The zero-order valence-electron chi connectivity index (χ0n) is 15.2. The van der Waals surface area contributed by atoms with E-state index in [4.69, 9.17) is 28.2 Å². The number of halogens is 2. The Labute approximate surface area is 169 Å². The van der Waals surface area contributed by atoms with Crippen molar-refractivity contribution >= 4 is 40.8 Å². The average Bonchev–Trinajstić information content (AvgIpc) is 2.59. The van der Waals surface area contributed by atoms with E-state index in [1.807, 2.05) is 36.4 Å². The molecule has 0 bridgehead atoms. The highest BCUT2D eigenvalue weighted by molar-refractivity contribution is 6.32. The van der Waals surface area contributed by atoms with Crippen molar-refractivity contribution in [2.45, 2.75) is 38.1 Å². The third-order valence-electron chi connectivity index (χ3n) is 5.34. The Kier molecular flexibility index (Phi) is 5.07. The Hall–Kier alpha value is -2.10. The van der Waals surface area contributed by atoms with Crippen LogP contribution < -0.4 is 5.43 Å². The molecule has 1 saturated carbocycles. The maximum absolute atomic E-state index is 6.35. The lowest BCUT2D eigenvalue weighted by Crippen LogP contribution is -2.20. The number of rotatable bonds is 5. The van der Waals surface area contributed by atoms with E-state index in [9.17, 15) is 0 Å². The van der Waals surface area contributed by atoms with Gasteiger partial charge in [-0.05, 0) is 61.2 Å². The highest BCUT2D eigenvalue weighted by atomic mass is 35.5. The summed E-state index contributed by atoms with van der Waals surface area (Å²) < 4.78 is 0. The minimum atomic E-state index is -0.0250. The average molecular weight is 398 g/mol. The molecule has 1 fully saturated rings. The normalized spacial score (nSPS) is 15.4. The van der Waals surface area contributed by atoms with Crippen molar-refractivity contribution in [3.63, 3.8) is 0 Å². The summed E-state index contributed by atoms with van der Waals surface area (Å²) in [5, 5.41) is 6.35. The van der Waals surface area contributed by atoms with E-state index in [0.29, 0.717) is 16.0 Å². The summed E-state index contributed by atoms with van der Waals surface area (Å²) in [5.41, 5.74) is 8.56. The predicted octanol–water partition coefficient (Wildman–Crippen LogP) is 6.74. The standard InChI is InChI=1S/C22H21Cl2N3/c1-13(27-25-2)20-21(15-7-4-8-16(23)11-15)18-12-17(24)9-10-19(18)26-22(20)14-5-3-6-14/h4,7-14,27H,2-3,5-6H2,1H3. The summed E-state index contributed by atoms with van der Waals surface area (Å²) in [7, 11) is 0. The van der Waals surface area contributed by atoms with Crippen molar-refractivity contribution in [3.05, 3.63) is 63.8 Å². The molecule has 2 aromatic carbocycles. The topological polar surface area (TPSA) is 37.3 Å². The van der Waals surface area contributed by atoms with E-state index < -0.39 is 0 Å². The van der Waals surface area contributed by atoms with Gasteiger partial charge >= 0.3 is 0 Å². The monoisotopic (exact) mass is 397 g/mol. The molecule has 1 heterocycles. The Morgan fingerprint density at radius 1 is 1.15 bits per heavy atom. The maximum atomic E-state index is 6.35. The van der Waals surface area contributed by atoms with Crippen LogP contribution in [0.4, 0.5) is 0 Å².